The fraction of sp³-hybridized carbons (Fsp3) is 0.667. The van der Waals surface area contributed by atoms with E-state index in [0.717, 1.165) is 0 Å². The van der Waals surface area contributed by atoms with Crippen molar-refractivity contribution in [1.82, 2.24) is 4.90 Å². The van der Waals surface area contributed by atoms with E-state index in [9.17, 15) is 14.7 Å². The molecule has 8 nitrogen and oxygen atoms in total. The summed E-state index contributed by atoms with van der Waals surface area (Å²) in [6.07, 6.45) is 3.75. The fourth-order valence-corrected chi connectivity index (χ4v) is 7.70. The molecule has 2 fully saturated rings. The lowest BCUT2D eigenvalue weighted by atomic mass is 9.90. The lowest BCUT2D eigenvalue weighted by Gasteiger charge is -2.31. The van der Waals surface area contributed by atoms with Crippen LogP contribution < -0.4 is 14.4 Å². The van der Waals surface area contributed by atoms with Gasteiger partial charge in [0.05, 0.1) is 31.5 Å². The molecule has 0 aromatic heterocycles. The Morgan fingerprint density at radius 3 is 2.53 bits per heavy atom. The standard InChI is InChI=1S/C24H34N2O6S2/c1-24(2)13-18-22(28)26(23(29)32-9-10-33-34-15-7-5-6-8-15)17-12-20(31-4)19(30-3)11-16(17)21(27)25(18)14-24/h11-12,15,18,22,28H,5-10,13-14H2,1-4H3/t18-,22?/m0/s1. The number of hydrogen-bond acceptors (Lipinski definition) is 8. The van der Waals surface area contributed by atoms with Gasteiger partial charge in [-0.15, -0.1) is 0 Å². The number of fused-ring (bicyclic) bond motifs is 2. The molecule has 1 saturated carbocycles. The van der Waals surface area contributed by atoms with E-state index in [1.807, 2.05) is 10.8 Å². The lowest BCUT2D eigenvalue weighted by Crippen LogP contribution is -2.51. The first-order chi connectivity index (χ1) is 16.3. The van der Waals surface area contributed by atoms with Gasteiger partial charge < -0.3 is 24.2 Å². The molecule has 1 aliphatic carbocycles. The Labute approximate surface area is 209 Å². The molecule has 1 unspecified atom stereocenters. The van der Waals surface area contributed by atoms with Gasteiger partial charge in [-0.2, -0.15) is 0 Å². The third-order valence-electron chi connectivity index (χ3n) is 6.72. The summed E-state index contributed by atoms with van der Waals surface area (Å²) in [5.41, 5.74) is 0.360. The van der Waals surface area contributed by atoms with Crippen molar-refractivity contribution < 1.29 is 28.9 Å². The number of aliphatic hydroxyl groups excluding tert-OH is 1. The third-order valence-corrected chi connectivity index (χ3v) is 9.65. The summed E-state index contributed by atoms with van der Waals surface area (Å²) in [6.45, 7) is 4.82. The second-order valence-corrected chi connectivity index (χ2v) is 12.6. The van der Waals surface area contributed by atoms with Crippen LogP contribution >= 0.6 is 21.6 Å². The number of benzene rings is 1. The summed E-state index contributed by atoms with van der Waals surface area (Å²) in [6, 6.07) is 2.60. The average molecular weight is 511 g/mol. The van der Waals surface area contributed by atoms with Crippen LogP contribution in [-0.2, 0) is 4.74 Å². The van der Waals surface area contributed by atoms with E-state index < -0.39 is 18.4 Å². The molecular formula is C24H34N2O6S2. The van der Waals surface area contributed by atoms with Crippen molar-refractivity contribution in [3.8, 4) is 11.5 Å². The molecule has 188 valence electrons. The maximum Gasteiger partial charge on any atom is 0.416 e. The monoisotopic (exact) mass is 510 g/mol. The second kappa shape index (κ2) is 10.5. The van der Waals surface area contributed by atoms with E-state index in [4.69, 9.17) is 14.2 Å². The maximum atomic E-state index is 13.5. The van der Waals surface area contributed by atoms with Crippen LogP contribution in [-0.4, -0.2) is 72.7 Å². The van der Waals surface area contributed by atoms with Gasteiger partial charge in [0.1, 0.15) is 6.61 Å². The maximum absolute atomic E-state index is 13.5. The van der Waals surface area contributed by atoms with Gasteiger partial charge in [-0.3, -0.25) is 4.79 Å². The van der Waals surface area contributed by atoms with E-state index in [0.29, 0.717) is 35.5 Å². The molecule has 10 heteroatoms. The first-order valence-electron chi connectivity index (χ1n) is 11.7. The van der Waals surface area contributed by atoms with Crippen molar-refractivity contribution >= 4 is 39.3 Å². The predicted octanol–water partition coefficient (Wildman–Crippen LogP) is 4.54. The van der Waals surface area contributed by atoms with Gasteiger partial charge in [0, 0.05) is 23.6 Å². The average Bonchev–Trinajstić information content (AvgIpc) is 3.43. The van der Waals surface area contributed by atoms with E-state index in [-0.39, 0.29) is 29.2 Å². The number of aliphatic hydroxyl groups is 1. The summed E-state index contributed by atoms with van der Waals surface area (Å²) in [5.74, 6) is 1.17. The summed E-state index contributed by atoms with van der Waals surface area (Å²) < 4.78 is 16.4. The number of methoxy groups -OCH3 is 2. The first kappa shape index (κ1) is 25.3. The Hall–Kier alpha value is -1.78. The molecule has 1 aromatic rings. The summed E-state index contributed by atoms with van der Waals surface area (Å²) >= 11 is 0. The van der Waals surface area contributed by atoms with Crippen molar-refractivity contribution in [3.05, 3.63) is 17.7 Å². The van der Waals surface area contributed by atoms with E-state index in [2.05, 4.69) is 13.8 Å². The number of ether oxygens (including phenoxy) is 3. The highest BCUT2D eigenvalue weighted by atomic mass is 33.1. The second-order valence-electron chi connectivity index (χ2n) is 9.82. The molecule has 3 aliphatic rings. The normalized spacial score (nSPS) is 24.0. The molecule has 0 radical (unpaired) electrons. The number of hydrogen-bond donors (Lipinski definition) is 1. The highest BCUT2D eigenvalue weighted by molar-refractivity contribution is 8.76. The molecule has 0 spiro atoms. The van der Waals surface area contributed by atoms with Gasteiger partial charge in [-0.25, -0.2) is 9.69 Å². The molecule has 34 heavy (non-hydrogen) atoms. The number of rotatable bonds is 7. The molecule has 1 aromatic carbocycles. The van der Waals surface area contributed by atoms with Crippen LogP contribution in [0.1, 0.15) is 56.3 Å². The molecule has 2 heterocycles. The van der Waals surface area contributed by atoms with Gasteiger partial charge in [-0.05, 0) is 30.7 Å². The van der Waals surface area contributed by atoms with Gasteiger partial charge in [-0.1, -0.05) is 48.3 Å². The Morgan fingerprint density at radius 2 is 1.85 bits per heavy atom. The van der Waals surface area contributed by atoms with Crippen LogP contribution in [0.4, 0.5) is 10.5 Å². The molecule has 4 rings (SSSR count). The third kappa shape index (κ3) is 5.09. The fourth-order valence-electron chi connectivity index (χ4n) is 5.08. The summed E-state index contributed by atoms with van der Waals surface area (Å²) in [4.78, 5) is 29.7. The van der Waals surface area contributed by atoms with E-state index >= 15 is 0 Å². The minimum atomic E-state index is -1.24. The Kier molecular flexibility index (Phi) is 7.79. The van der Waals surface area contributed by atoms with E-state index in [1.165, 1.54) is 44.8 Å². The zero-order valence-corrected chi connectivity index (χ0v) is 21.9. The zero-order valence-electron chi connectivity index (χ0n) is 20.2. The highest BCUT2D eigenvalue weighted by Crippen LogP contribution is 2.44. The van der Waals surface area contributed by atoms with E-state index in [1.54, 1.807) is 27.8 Å². The van der Waals surface area contributed by atoms with Crippen LogP contribution in [0.25, 0.3) is 0 Å². The summed E-state index contributed by atoms with van der Waals surface area (Å²) in [7, 11) is 6.57. The van der Waals surface area contributed by atoms with Crippen molar-refractivity contribution in [2.24, 2.45) is 5.41 Å². The smallest absolute Gasteiger partial charge is 0.416 e. The predicted molar refractivity (Wildman–Crippen MR) is 135 cm³/mol. The largest absolute Gasteiger partial charge is 0.493 e. The molecule has 0 bridgehead atoms. The van der Waals surface area contributed by atoms with Gasteiger partial charge in [0.2, 0.25) is 0 Å². The van der Waals surface area contributed by atoms with Crippen molar-refractivity contribution in [2.75, 3.05) is 38.0 Å². The van der Waals surface area contributed by atoms with Crippen LogP contribution in [0.2, 0.25) is 0 Å². The number of carbonyl (C=O) groups excluding carboxylic acids is 2. The Morgan fingerprint density at radius 1 is 1.18 bits per heavy atom. The molecule has 2 amide bonds. The Balaban J connectivity index is 1.57. The Bertz CT molecular complexity index is 921. The highest BCUT2D eigenvalue weighted by Gasteiger charge is 2.50. The topological polar surface area (TPSA) is 88.5 Å². The van der Waals surface area contributed by atoms with Crippen LogP contribution in [0.3, 0.4) is 0 Å². The number of amides is 2. The lowest BCUT2D eigenvalue weighted by molar-refractivity contribution is 0.0493. The number of anilines is 1. The molecule has 2 atom stereocenters. The quantitative estimate of drug-likeness (QED) is 0.422. The van der Waals surface area contributed by atoms with Crippen molar-refractivity contribution in [2.45, 2.75) is 63.5 Å². The van der Waals surface area contributed by atoms with Crippen LogP contribution in [0, 0.1) is 5.41 Å². The van der Waals surface area contributed by atoms with Crippen LogP contribution in [0.5, 0.6) is 11.5 Å². The summed E-state index contributed by atoms with van der Waals surface area (Å²) in [5, 5.41) is 12.1. The van der Waals surface area contributed by atoms with Crippen LogP contribution in [0.15, 0.2) is 12.1 Å². The minimum Gasteiger partial charge on any atom is -0.493 e. The van der Waals surface area contributed by atoms with Gasteiger partial charge >= 0.3 is 6.09 Å². The number of carbonyl (C=O) groups is 2. The zero-order chi connectivity index (χ0) is 24.5. The number of nitrogens with zero attached hydrogens (tertiary/aromatic N) is 2. The molecule has 1 saturated heterocycles. The molecular weight excluding hydrogens is 476 g/mol. The minimum absolute atomic E-state index is 0.182. The molecule has 1 N–H and O–H groups in total. The molecule has 2 aliphatic heterocycles. The SMILES string of the molecule is COc1cc2c(cc1OC)N(C(=O)OCCSSC1CCCC1)C(O)[C@@H]1CC(C)(C)CN1C2=O. The van der Waals surface area contributed by atoms with Crippen molar-refractivity contribution in [3.63, 3.8) is 0 Å². The van der Waals surface area contributed by atoms with Gasteiger partial charge in [0.15, 0.2) is 17.7 Å². The van der Waals surface area contributed by atoms with Gasteiger partial charge in [0.25, 0.3) is 5.91 Å². The van der Waals surface area contributed by atoms with Crippen molar-refractivity contribution in [1.29, 1.82) is 0 Å². The first-order valence-corrected chi connectivity index (χ1v) is 14.1.